The van der Waals surface area contributed by atoms with Gasteiger partial charge in [-0.05, 0) is 50.4 Å². The second-order valence-electron chi connectivity index (χ2n) is 7.82. The Bertz CT molecular complexity index is 556. The van der Waals surface area contributed by atoms with E-state index in [2.05, 4.69) is 44.2 Å². The number of anilines is 1. The highest BCUT2D eigenvalue weighted by atomic mass is 32.2. The van der Waals surface area contributed by atoms with Crippen molar-refractivity contribution in [2.75, 3.05) is 18.2 Å². The highest BCUT2D eigenvalue weighted by Crippen LogP contribution is 2.37. The number of aromatic nitrogens is 1. The highest BCUT2D eigenvalue weighted by molar-refractivity contribution is 7.98. The fourth-order valence-electron chi connectivity index (χ4n) is 1.76. The third kappa shape index (κ3) is 7.09. The zero-order valence-electron chi connectivity index (χ0n) is 16.7. The molecule has 1 aromatic heterocycles. The standard InChI is InChI=1S/C18H32N2O3SSi/c1-13(2)22-12-15(23-25(7,8)18(3,4)5)17(21)20-16-10-9-14(24-6)11-19-16/h9-11,13,15H,12H2,1-8H3,(H,19,20,21). The minimum atomic E-state index is -2.10. The molecule has 1 amide bonds. The molecule has 0 aliphatic heterocycles. The molecule has 0 bridgehead atoms. The van der Waals surface area contributed by atoms with E-state index in [1.807, 2.05) is 26.2 Å². The van der Waals surface area contributed by atoms with Gasteiger partial charge in [-0.15, -0.1) is 11.8 Å². The fraction of sp³-hybridized carbons (Fsp3) is 0.667. The molecule has 0 fully saturated rings. The fourth-order valence-corrected chi connectivity index (χ4v) is 3.36. The van der Waals surface area contributed by atoms with Gasteiger partial charge in [0.05, 0.1) is 12.7 Å². The number of hydrogen-bond donors (Lipinski definition) is 1. The molecule has 1 N–H and O–H groups in total. The molecule has 1 atom stereocenters. The molecule has 0 aliphatic carbocycles. The molecule has 5 nitrogen and oxygen atoms in total. The Balaban J connectivity index is 2.87. The minimum absolute atomic E-state index is 0.0155. The van der Waals surface area contributed by atoms with E-state index in [9.17, 15) is 4.79 Å². The van der Waals surface area contributed by atoms with Crippen molar-refractivity contribution >= 4 is 31.8 Å². The lowest BCUT2D eigenvalue weighted by Crippen LogP contribution is -2.49. The first kappa shape index (κ1) is 22.1. The van der Waals surface area contributed by atoms with Crippen molar-refractivity contribution < 1.29 is 14.0 Å². The maximum Gasteiger partial charge on any atom is 0.255 e. The molecular formula is C18H32N2O3SSi. The van der Waals surface area contributed by atoms with Crippen molar-refractivity contribution in [1.29, 1.82) is 0 Å². The average Bonchev–Trinajstić information content (AvgIpc) is 2.50. The first-order valence-electron chi connectivity index (χ1n) is 8.56. The lowest BCUT2D eigenvalue weighted by molar-refractivity contribution is -0.126. The van der Waals surface area contributed by atoms with E-state index in [4.69, 9.17) is 9.16 Å². The van der Waals surface area contributed by atoms with Gasteiger partial charge in [-0.25, -0.2) is 4.98 Å². The van der Waals surface area contributed by atoms with Gasteiger partial charge in [0.15, 0.2) is 8.32 Å². The number of amides is 1. The van der Waals surface area contributed by atoms with Crippen LogP contribution in [0.15, 0.2) is 23.2 Å². The lowest BCUT2D eigenvalue weighted by Gasteiger charge is -2.38. The van der Waals surface area contributed by atoms with Crippen LogP contribution >= 0.6 is 11.8 Å². The predicted octanol–water partition coefficient (Wildman–Crippen LogP) is 4.56. The van der Waals surface area contributed by atoms with Gasteiger partial charge in [-0.1, -0.05) is 20.8 Å². The number of ether oxygens (including phenoxy) is 1. The molecule has 0 saturated carbocycles. The number of nitrogens with one attached hydrogen (secondary N) is 1. The summed E-state index contributed by atoms with van der Waals surface area (Å²) in [5.41, 5.74) is 0. The first-order valence-corrected chi connectivity index (χ1v) is 12.7. The molecule has 0 aliphatic rings. The van der Waals surface area contributed by atoms with E-state index >= 15 is 0 Å². The molecule has 1 aromatic rings. The second-order valence-corrected chi connectivity index (χ2v) is 13.5. The number of carbonyl (C=O) groups is 1. The quantitative estimate of drug-likeness (QED) is 0.526. The Morgan fingerprint density at radius 2 is 1.96 bits per heavy atom. The molecule has 7 heteroatoms. The molecule has 0 aromatic carbocycles. The van der Waals surface area contributed by atoms with Gasteiger partial charge in [-0.3, -0.25) is 4.79 Å². The van der Waals surface area contributed by atoms with E-state index in [1.165, 1.54) is 0 Å². The number of rotatable bonds is 8. The van der Waals surface area contributed by atoms with Gasteiger partial charge in [0.25, 0.3) is 5.91 Å². The number of thioether (sulfide) groups is 1. The SMILES string of the molecule is CSc1ccc(NC(=O)C(COC(C)C)O[Si](C)(C)C(C)(C)C)nc1. The summed E-state index contributed by atoms with van der Waals surface area (Å²) in [5, 5.41) is 2.86. The molecule has 0 spiro atoms. The summed E-state index contributed by atoms with van der Waals surface area (Å²) >= 11 is 1.61. The summed E-state index contributed by atoms with van der Waals surface area (Å²) in [6.45, 7) is 14.9. The number of pyridine rings is 1. The number of hydrogen-bond acceptors (Lipinski definition) is 5. The molecule has 0 radical (unpaired) electrons. The van der Waals surface area contributed by atoms with Gasteiger partial charge in [0, 0.05) is 11.1 Å². The maximum atomic E-state index is 12.7. The van der Waals surface area contributed by atoms with Crippen molar-refractivity contribution in [2.45, 2.75) is 69.9 Å². The zero-order chi connectivity index (χ0) is 19.3. The summed E-state index contributed by atoms with van der Waals surface area (Å²) in [7, 11) is -2.10. The van der Waals surface area contributed by atoms with E-state index < -0.39 is 14.4 Å². The van der Waals surface area contributed by atoms with Crippen molar-refractivity contribution in [3.05, 3.63) is 18.3 Å². The van der Waals surface area contributed by atoms with Gasteiger partial charge in [0.2, 0.25) is 0 Å². The molecule has 1 rings (SSSR count). The first-order chi connectivity index (χ1) is 11.5. The van der Waals surface area contributed by atoms with Crippen molar-refractivity contribution in [1.82, 2.24) is 4.98 Å². The minimum Gasteiger partial charge on any atom is -0.403 e. The van der Waals surface area contributed by atoms with Crippen LogP contribution in [-0.2, 0) is 14.0 Å². The van der Waals surface area contributed by atoms with Gasteiger partial charge >= 0.3 is 0 Å². The summed E-state index contributed by atoms with van der Waals surface area (Å²) in [6.07, 6.45) is 3.12. The van der Waals surface area contributed by atoms with Crippen molar-refractivity contribution in [3.63, 3.8) is 0 Å². The topological polar surface area (TPSA) is 60.5 Å². The smallest absolute Gasteiger partial charge is 0.255 e. The van der Waals surface area contributed by atoms with Crippen molar-refractivity contribution in [3.8, 4) is 0 Å². The van der Waals surface area contributed by atoms with E-state index in [0.717, 1.165) is 4.90 Å². The monoisotopic (exact) mass is 384 g/mol. The largest absolute Gasteiger partial charge is 0.403 e. The molecule has 0 saturated heterocycles. The van der Waals surface area contributed by atoms with Crippen LogP contribution in [-0.4, -0.2) is 44.3 Å². The Morgan fingerprint density at radius 1 is 1.32 bits per heavy atom. The van der Waals surface area contributed by atoms with Crippen LogP contribution in [0.4, 0.5) is 5.82 Å². The average molecular weight is 385 g/mol. The summed E-state index contributed by atoms with van der Waals surface area (Å²) < 4.78 is 12.0. The van der Waals surface area contributed by atoms with E-state index in [-0.39, 0.29) is 23.7 Å². The highest BCUT2D eigenvalue weighted by Gasteiger charge is 2.41. The van der Waals surface area contributed by atoms with Gasteiger partial charge in [0.1, 0.15) is 11.9 Å². The number of nitrogens with zero attached hydrogens (tertiary/aromatic N) is 1. The summed E-state index contributed by atoms with van der Waals surface area (Å²) in [6, 6.07) is 3.73. The van der Waals surface area contributed by atoms with Crippen LogP contribution in [0.3, 0.4) is 0 Å². The van der Waals surface area contributed by atoms with Crippen LogP contribution in [0.25, 0.3) is 0 Å². The Morgan fingerprint density at radius 3 is 2.40 bits per heavy atom. The molecule has 142 valence electrons. The Labute approximate surface area is 157 Å². The zero-order valence-corrected chi connectivity index (χ0v) is 18.5. The van der Waals surface area contributed by atoms with Crippen LogP contribution in [0.5, 0.6) is 0 Å². The van der Waals surface area contributed by atoms with Crippen molar-refractivity contribution in [2.24, 2.45) is 0 Å². The van der Waals surface area contributed by atoms with Crippen LogP contribution < -0.4 is 5.32 Å². The molecule has 1 heterocycles. The van der Waals surface area contributed by atoms with E-state index in [1.54, 1.807) is 24.0 Å². The van der Waals surface area contributed by atoms with E-state index in [0.29, 0.717) is 5.82 Å². The Hall–Kier alpha value is -0.893. The third-order valence-corrected chi connectivity index (χ3v) is 9.54. The van der Waals surface area contributed by atoms with Crippen LogP contribution in [0, 0.1) is 0 Å². The second kappa shape index (κ2) is 9.16. The molecule has 1 unspecified atom stereocenters. The number of carbonyl (C=O) groups excluding carboxylic acids is 1. The normalized spacial score (nSPS) is 13.8. The van der Waals surface area contributed by atoms with Gasteiger partial charge < -0.3 is 14.5 Å². The molecule has 25 heavy (non-hydrogen) atoms. The predicted molar refractivity (Wildman–Crippen MR) is 108 cm³/mol. The van der Waals surface area contributed by atoms with Crippen LogP contribution in [0.1, 0.15) is 34.6 Å². The van der Waals surface area contributed by atoms with Crippen LogP contribution in [0.2, 0.25) is 18.1 Å². The summed E-state index contributed by atoms with van der Waals surface area (Å²) in [5.74, 6) is 0.311. The Kier molecular flexibility index (Phi) is 8.12. The third-order valence-electron chi connectivity index (χ3n) is 4.34. The molecular weight excluding hydrogens is 352 g/mol. The lowest BCUT2D eigenvalue weighted by atomic mass is 10.2. The van der Waals surface area contributed by atoms with Gasteiger partial charge in [-0.2, -0.15) is 0 Å². The summed E-state index contributed by atoms with van der Waals surface area (Å²) in [4.78, 5) is 18.1. The maximum absolute atomic E-state index is 12.7.